The van der Waals surface area contributed by atoms with Crippen molar-refractivity contribution in [1.82, 2.24) is 10.6 Å². The van der Waals surface area contributed by atoms with Gasteiger partial charge in [0, 0.05) is 12.6 Å². The van der Waals surface area contributed by atoms with E-state index in [0.717, 1.165) is 6.07 Å². The molecular weight excluding hydrogens is 294 g/mol. The van der Waals surface area contributed by atoms with Crippen LogP contribution in [0.2, 0.25) is 5.02 Å². The summed E-state index contributed by atoms with van der Waals surface area (Å²) in [5, 5.41) is 5.83. The first-order chi connectivity index (χ1) is 8.52. The van der Waals surface area contributed by atoms with Crippen molar-refractivity contribution >= 4 is 29.9 Å². The van der Waals surface area contributed by atoms with Crippen LogP contribution in [0.1, 0.15) is 6.92 Å². The van der Waals surface area contributed by atoms with Crippen molar-refractivity contribution in [3.05, 3.63) is 29.0 Å². The van der Waals surface area contributed by atoms with E-state index >= 15 is 0 Å². The van der Waals surface area contributed by atoms with Gasteiger partial charge in [-0.25, -0.2) is 4.39 Å². The topological polar surface area (TPSA) is 50.4 Å². The standard InChI is InChI=1S/C12H16ClFN2O2.ClH/c1-8(15-2)6-16-12(17)7-18-11-4-3-9(14)5-10(11)13;/h3-5,8,15H,6-7H2,1-2H3,(H,16,17);1H. The Morgan fingerprint density at radius 1 is 1.53 bits per heavy atom. The molecule has 0 aromatic heterocycles. The first kappa shape index (κ1) is 18.0. The first-order valence-electron chi connectivity index (χ1n) is 5.54. The molecule has 1 rings (SSSR count). The lowest BCUT2D eigenvalue weighted by Crippen LogP contribution is -2.39. The highest BCUT2D eigenvalue weighted by Gasteiger charge is 2.07. The number of benzene rings is 1. The number of nitrogens with one attached hydrogen (secondary N) is 2. The summed E-state index contributed by atoms with van der Waals surface area (Å²) in [5.74, 6) is -0.410. The van der Waals surface area contributed by atoms with Gasteiger partial charge in [0.2, 0.25) is 0 Å². The summed E-state index contributed by atoms with van der Waals surface area (Å²) >= 11 is 5.76. The van der Waals surface area contributed by atoms with Crippen LogP contribution in [-0.4, -0.2) is 32.1 Å². The number of hydrogen-bond acceptors (Lipinski definition) is 3. The van der Waals surface area contributed by atoms with Gasteiger partial charge in [-0.15, -0.1) is 12.4 Å². The SMILES string of the molecule is CNC(C)CNC(=O)COc1ccc(F)cc1Cl.Cl. The summed E-state index contributed by atoms with van der Waals surface area (Å²) in [7, 11) is 1.81. The van der Waals surface area contributed by atoms with Gasteiger partial charge in [-0.2, -0.15) is 0 Å². The number of carbonyl (C=O) groups excluding carboxylic acids is 1. The first-order valence-corrected chi connectivity index (χ1v) is 5.92. The molecule has 0 aliphatic rings. The van der Waals surface area contributed by atoms with E-state index in [1.165, 1.54) is 12.1 Å². The highest BCUT2D eigenvalue weighted by Crippen LogP contribution is 2.24. The van der Waals surface area contributed by atoms with Crippen LogP contribution in [0.15, 0.2) is 18.2 Å². The number of halogens is 3. The summed E-state index contributed by atoms with van der Waals surface area (Å²) < 4.78 is 18.0. The number of hydrogen-bond donors (Lipinski definition) is 2. The summed E-state index contributed by atoms with van der Waals surface area (Å²) in [6.45, 7) is 2.30. The molecule has 0 bridgehead atoms. The molecule has 0 fully saturated rings. The van der Waals surface area contributed by atoms with Crippen molar-refractivity contribution in [2.75, 3.05) is 20.2 Å². The Morgan fingerprint density at radius 2 is 2.21 bits per heavy atom. The number of carbonyl (C=O) groups is 1. The molecule has 1 aromatic carbocycles. The number of likely N-dealkylation sites (N-methyl/N-ethyl adjacent to an activating group) is 1. The summed E-state index contributed by atoms with van der Waals surface area (Å²) in [6.07, 6.45) is 0. The van der Waals surface area contributed by atoms with Crippen LogP contribution in [0.5, 0.6) is 5.75 Å². The molecule has 2 N–H and O–H groups in total. The molecule has 0 spiro atoms. The molecule has 1 amide bonds. The predicted octanol–water partition coefficient (Wildman–Crippen LogP) is 2.00. The molecule has 1 aromatic rings. The van der Waals surface area contributed by atoms with Gasteiger partial charge in [0.25, 0.3) is 5.91 Å². The normalized spacial score (nSPS) is 11.4. The molecule has 0 aliphatic carbocycles. The monoisotopic (exact) mass is 310 g/mol. The number of amides is 1. The second kappa shape index (κ2) is 8.96. The molecule has 7 heteroatoms. The predicted molar refractivity (Wildman–Crippen MR) is 75.7 cm³/mol. The van der Waals surface area contributed by atoms with E-state index in [1.807, 2.05) is 14.0 Å². The van der Waals surface area contributed by atoms with Crippen molar-refractivity contribution in [3.8, 4) is 5.75 Å². The summed E-state index contributed by atoms with van der Waals surface area (Å²) in [6, 6.07) is 3.93. The zero-order chi connectivity index (χ0) is 13.5. The van der Waals surface area contributed by atoms with Gasteiger partial charge in [-0.3, -0.25) is 4.79 Å². The third-order valence-electron chi connectivity index (χ3n) is 2.35. The van der Waals surface area contributed by atoms with Crippen LogP contribution < -0.4 is 15.4 Å². The van der Waals surface area contributed by atoms with Crippen molar-refractivity contribution in [3.63, 3.8) is 0 Å². The van der Waals surface area contributed by atoms with E-state index in [4.69, 9.17) is 16.3 Å². The Bertz CT molecular complexity index is 419. The van der Waals surface area contributed by atoms with E-state index in [2.05, 4.69) is 10.6 Å². The Morgan fingerprint density at radius 3 is 2.79 bits per heavy atom. The minimum Gasteiger partial charge on any atom is -0.482 e. The van der Waals surface area contributed by atoms with Gasteiger partial charge in [0.15, 0.2) is 6.61 Å². The fourth-order valence-corrected chi connectivity index (χ4v) is 1.38. The van der Waals surface area contributed by atoms with Crippen molar-refractivity contribution < 1.29 is 13.9 Å². The molecular formula is C12H17Cl2FN2O2. The lowest BCUT2D eigenvalue weighted by atomic mass is 10.3. The number of rotatable bonds is 6. The quantitative estimate of drug-likeness (QED) is 0.845. The van der Waals surface area contributed by atoms with Gasteiger partial charge in [-0.05, 0) is 32.2 Å². The van der Waals surface area contributed by atoms with Gasteiger partial charge >= 0.3 is 0 Å². The van der Waals surface area contributed by atoms with Crippen LogP contribution in [0.3, 0.4) is 0 Å². The largest absolute Gasteiger partial charge is 0.482 e. The van der Waals surface area contributed by atoms with E-state index in [9.17, 15) is 9.18 Å². The summed E-state index contributed by atoms with van der Waals surface area (Å²) in [4.78, 5) is 11.4. The fraction of sp³-hybridized carbons (Fsp3) is 0.417. The van der Waals surface area contributed by atoms with Crippen molar-refractivity contribution in [2.24, 2.45) is 0 Å². The number of ether oxygens (including phenoxy) is 1. The molecule has 0 heterocycles. The molecule has 0 saturated heterocycles. The molecule has 0 aliphatic heterocycles. The maximum atomic E-state index is 12.8. The molecule has 0 saturated carbocycles. The average Bonchev–Trinajstić information content (AvgIpc) is 2.34. The minimum absolute atomic E-state index is 0. The van der Waals surface area contributed by atoms with Gasteiger partial charge in [0.1, 0.15) is 11.6 Å². The molecule has 1 unspecified atom stereocenters. The molecule has 108 valence electrons. The van der Waals surface area contributed by atoms with Crippen LogP contribution in [0, 0.1) is 5.82 Å². The van der Waals surface area contributed by atoms with E-state index in [-0.39, 0.29) is 41.7 Å². The smallest absolute Gasteiger partial charge is 0.257 e. The van der Waals surface area contributed by atoms with E-state index < -0.39 is 5.82 Å². The maximum absolute atomic E-state index is 12.8. The second-order valence-electron chi connectivity index (χ2n) is 3.86. The van der Waals surface area contributed by atoms with Gasteiger partial charge < -0.3 is 15.4 Å². The van der Waals surface area contributed by atoms with Crippen molar-refractivity contribution in [1.29, 1.82) is 0 Å². The lowest BCUT2D eigenvalue weighted by Gasteiger charge is -2.12. The highest BCUT2D eigenvalue weighted by molar-refractivity contribution is 6.32. The molecule has 4 nitrogen and oxygen atoms in total. The Labute approximate surface area is 123 Å². The van der Waals surface area contributed by atoms with Crippen LogP contribution in [0.4, 0.5) is 4.39 Å². The second-order valence-corrected chi connectivity index (χ2v) is 4.26. The molecule has 19 heavy (non-hydrogen) atoms. The zero-order valence-electron chi connectivity index (χ0n) is 10.7. The zero-order valence-corrected chi connectivity index (χ0v) is 12.3. The molecule has 0 radical (unpaired) electrons. The minimum atomic E-state index is -0.445. The van der Waals surface area contributed by atoms with Gasteiger partial charge in [-0.1, -0.05) is 11.6 Å². The van der Waals surface area contributed by atoms with Crippen LogP contribution in [-0.2, 0) is 4.79 Å². The van der Waals surface area contributed by atoms with E-state index in [1.54, 1.807) is 0 Å². The Kier molecular flexibility index (Phi) is 8.47. The third-order valence-corrected chi connectivity index (χ3v) is 2.65. The third kappa shape index (κ3) is 6.61. The molecule has 1 atom stereocenters. The van der Waals surface area contributed by atoms with E-state index in [0.29, 0.717) is 6.54 Å². The lowest BCUT2D eigenvalue weighted by molar-refractivity contribution is -0.123. The highest BCUT2D eigenvalue weighted by atomic mass is 35.5. The van der Waals surface area contributed by atoms with Crippen LogP contribution in [0.25, 0.3) is 0 Å². The Hall–Kier alpha value is -1.04. The maximum Gasteiger partial charge on any atom is 0.257 e. The fourth-order valence-electron chi connectivity index (χ4n) is 1.16. The van der Waals surface area contributed by atoms with Crippen LogP contribution >= 0.6 is 24.0 Å². The Balaban J connectivity index is 0.00000324. The van der Waals surface area contributed by atoms with Crippen molar-refractivity contribution in [2.45, 2.75) is 13.0 Å². The summed E-state index contributed by atoms with van der Waals surface area (Å²) in [5.41, 5.74) is 0. The average molecular weight is 311 g/mol. The van der Waals surface area contributed by atoms with Gasteiger partial charge in [0.05, 0.1) is 5.02 Å².